The zero-order valence-corrected chi connectivity index (χ0v) is 13.0. The summed E-state index contributed by atoms with van der Waals surface area (Å²) in [5, 5.41) is 19.8. The van der Waals surface area contributed by atoms with Crippen LogP contribution in [-0.4, -0.2) is 48.1 Å². The highest BCUT2D eigenvalue weighted by molar-refractivity contribution is 5.71. The first-order valence-electron chi connectivity index (χ1n) is 7.46. The van der Waals surface area contributed by atoms with Crippen LogP contribution in [-0.2, 0) is 11.3 Å². The Balaban J connectivity index is 2.29. The van der Waals surface area contributed by atoms with Crippen LogP contribution in [0.15, 0.2) is 22.2 Å². The molecule has 3 heterocycles. The molecular weight excluding hydrogens is 318 g/mol. The Morgan fingerprint density at radius 3 is 2.79 bits per heavy atom. The third-order valence-electron chi connectivity index (χ3n) is 4.31. The molecule has 1 saturated heterocycles. The number of H-pyrrole nitrogens is 1. The maximum Gasteiger partial charge on any atom is 0.333 e. The lowest BCUT2D eigenvalue weighted by Crippen LogP contribution is -2.33. The molecule has 10 heteroatoms. The number of ether oxygens (including phenoxy) is 1. The van der Waals surface area contributed by atoms with Gasteiger partial charge in [0.25, 0.3) is 5.56 Å². The monoisotopic (exact) mass is 337 g/mol. The first-order chi connectivity index (χ1) is 11.4. The van der Waals surface area contributed by atoms with Crippen molar-refractivity contribution in [2.24, 2.45) is 5.92 Å². The van der Waals surface area contributed by atoms with Gasteiger partial charge in [-0.3, -0.25) is 14.3 Å². The second kappa shape index (κ2) is 5.89. The number of fused-ring (bicyclic) bond motifs is 1. The summed E-state index contributed by atoms with van der Waals surface area (Å²) in [6.45, 7) is 5.05. The molecule has 1 aliphatic heterocycles. The summed E-state index contributed by atoms with van der Waals surface area (Å²) in [4.78, 5) is 31.4. The van der Waals surface area contributed by atoms with Crippen molar-refractivity contribution in [3.8, 4) is 0 Å². The van der Waals surface area contributed by atoms with Gasteiger partial charge in [0.1, 0.15) is 6.10 Å². The third-order valence-corrected chi connectivity index (χ3v) is 4.31. The topological polar surface area (TPSA) is 148 Å². The zero-order valence-electron chi connectivity index (χ0n) is 13.0. The molecule has 0 amide bonds. The van der Waals surface area contributed by atoms with Crippen LogP contribution < -0.4 is 17.0 Å². The van der Waals surface area contributed by atoms with E-state index < -0.39 is 35.6 Å². The Morgan fingerprint density at radius 2 is 2.21 bits per heavy atom. The fraction of sp³-hybridized carbons (Fsp3) is 0.500. The standard InChI is InChI=1S/C14H19N5O5/c1-3-4-18-8-10(16-13(15)17-11(8)22)19(14(18)23)12-9(21)6(2)7(5-20)24-12/h3,6-7,9,12,20-21H,1,4-5H2,2H3,(H3,15,16,17,22). The number of rotatable bonds is 4. The van der Waals surface area contributed by atoms with Crippen LogP contribution in [0.25, 0.3) is 11.2 Å². The Bertz CT molecular complexity index is 897. The van der Waals surface area contributed by atoms with Crippen LogP contribution in [0.1, 0.15) is 13.2 Å². The van der Waals surface area contributed by atoms with E-state index in [1.54, 1.807) is 6.92 Å². The smallest absolute Gasteiger partial charge is 0.333 e. The lowest BCUT2D eigenvalue weighted by Gasteiger charge is -2.16. The van der Waals surface area contributed by atoms with E-state index in [9.17, 15) is 19.8 Å². The summed E-state index contributed by atoms with van der Waals surface area (Å²) in [6.07, 6.45) is -1.29. The lowest BCUT2D eigenvalue weighted by molar-refractivity contribution is -0.0510. The highest BCUT2D eigenvalue weighted by Crippen LogP contribution is 2.34. The largest absolute Gasteiger partial charge is 0.394 e. The van der Waals surface area contributed by atoms with E-state index in [0.29, 0.717) is 0 Å². The summed E-state index contributed by atoms with van der Waals surface area (Å²) < 4.78 is 7.89. The molecule has 0 bridgehead atoms. The van der Waals surface area contributed by atoms with Crippen molar-refractivity contribution < 1.29 is 14.9 Å². The van der Waals surface area contributed by atoms with Gasteiger partial charge < -0.3 is 20.7 Å². The molecule has 5 N–H and O–H groups in total. The first kappa shape index (κ1) is 16.4. The third kappa shape index (κ3) is 2.27. The van der Waals surface area contributed by atoms with E-state index in [4.69, 9.17) is 10.5 Å². The van der Waals surface area contributed by atoms with Gasteiger partial charge in [-0.25, -0.2) is 9.36 Å². The molecule has 2 aromatic rings. The van der Waals surface area contributed by atoms with E-state index in [1.165, 1.54) is 10.6 Å². The summed E-state index contributed by atoms with van der Waals surface area (Å²) in [6, 6.07) is 0. The second-order valence-corrected chi connectivity index (χ2v) is 5.77. The zero-order chi connectivity index (χ0) is 17.6. The molecule has 24 heavy (non-hydrogen) atoms. The molecule has 3 rings (SSSR count). The highest BCUT2D eigenvalue weighted by Gasteiger charge is 2.43. The van der Waals surface area contributed by atoms with Crippen molar-refractivity contribution in [3.63, 3.8) is 0 Å². The van der Waals surface area contributed by atoms with Crippen LogP contribution in [0.4, 0.5) is 5.95 Å². The average Bonchev–Trinajstić information content (AvgIpc) is 2.96. The highest BCUT2D eigenvalue weighted by atomic mass is 16.5. The lowest BCUT2D eigenvalue weighted by atomic mass is 10.0. The number of aromatic amines is 1. The van der Waals surface area contributed by atoms with Gasteiger partial charge in [0.15, 0.2) is 17.4 Å². The number of hydrogen-bond acceptors (Lipinski definition) is 7. The molecule has 1 aliphatic rings. The number of hydrogen-bond donors (Lipinski definition) is 4. The van der Waals surface area contributed by atoms with E-state index in [1.807, 2.05) is 0 Å². The van der Waals surface area contributed by atoms with E-state index >= 15 is 0 Å². The minimum Gasteiger partial charge on any atom is -0.394 e. The van der Waals surface area contributed by atoms with Gasteiger partial charge in [-0.15, -0.1) is 6.58 Å². The number of allylic oxidation sites excluding steroid dienone is 1. The van der Waals surface area contributed by atoms with Gasteiger partial charge in [0, 0.05) is 12.5 Å². The molecule has 4 unspecified atom stereocenters. The molecular formula is C14H19N5O5. The van der Waals surface area contributed by atoms with Crippen molar-refractivity contribution in [2.75, 3.05) is 12.3 Å². The molecule has 0 radical (unpaired) electrons. The van der Waals surface area contributed by atoms with Gasteiger partial charge in [-0.1, -0.05) is 13.0 Å². The number of anilines is 1. The summed E-state index contributed by atoms with van der Waals surface area (Å²) >= 11 is 0. The van der Waals surface area contributed by atoms with Crippen LogP contribution >= 0.6 is 0 Å². The number of imidazole rings is 1. The predicted molar refractivity (Wildman–Crippen MR) is 85.4 cm³/mol. The number of aliphatic hydroxyl groups excluding tert-OH is 2. The SMILES string of the molecule is C=CCn1c(=O)n(C2OC(CO)C(C)C2O)c2nc(N)[nH]c(=O)c21. The van der Waals surface area contributed by atoms with Crippen LogP contribution in [0.5, 0.6) is 0 Å². The molecule has 130 valence electrons. The van der Waals surface area contributed by atoms with Crippen LogP contribution in [0.2, 0.25) is 0 Å². The summed E-state index contributed by atoms with van der Waals surface area (Å²) in [7, 11) is 0. The number of nitrogens with zero attached hydrogens (tertiary/aromatic N) is 3. The molecule has 10 nitrogen and oxygen atoms in total. The van der Waals surface area contributed by atoms with Crippen LogP contribution in [0, 0.1) is 5.92 Å². The summed E-state index contributed by atoms with van der Waals surface area (Å²) in [5.74, 6) is -0.555. The molecule has 0 aromatic carbocycles. The van der Waals surface area contributed by atoms with E-state index in [2.05, 4.69) is 16.5 Å². The maximum absolute atomic E-state index is 12.8. The van der Waals surface area contributed by atoms with E-state index in [-0.39, 0.29) is 30.3 Å². The van der Waals surface area contributed by atoms with Crippen LogP contribution in [0.3, 0.4) is 0 Å². The van der Waals surface area contributed by atoms with Gasteiger partial charge in [0.2, 0.25) is 5.95 Å². The molecule has 1 fully saturated rings. The van der Waals surface area contributed by atoms with Crippen molar-refractivity contribution in [1.29, 1.82) is 0 Å². The Hall–Kier alpha value is -2.43. The first-order valence-corrected chi connectivity index (χ1v) is 7.46. The van der Waals surface area contributed by atoms with E-state index in [0.717, 1.165) is 4.57 Å². The maximum atomic E-state index is 12.8. The van der Waals surface area contributed by atoms with Gasteiger partial charge in [0.05, 0.1) is 12.7 Å². The van der Waals surface area contributed by atoms with Crippen molar-refractivity contribution in [3.05, 3.63) is 33.5 Å². The van der Waals surface area contributed by atoms with Gasteiger partial charge in [-0.05, 0) is 0 Å². The predicted octanol–water partition coefficient (Wildman–Crippen LogP) is -1.46. The number of nitrogen functional groups attached to an aromatic ring is 1. The van der Waals surface area contributed by atoms with Crippen molar-refractivity contribution in [2.45, 2.75) is 31.9 Å². The summed E-state index contributed by atoms with van der Waals surface area (Å²) in [5.41, 5.74) is 4.46. The number of aromatic nitrogens is 4. The average molecular weight is 337 g/mol. The second-order valence-electron chi connectivity index (χ2n) is 5.77. The quantitative estimate of drug-likeness (QED) is 0.498. The Labute approximate surface area is 135 Å². The fourth-order valence-electron chi connectivity index (χ4n) is 3.01. The van der Waals surface area contributed by atoms with Gasteiger partial charge >= 0.3 is 5.69 Å². The van der Waals surface area contributed by atoms with Crippen molar-refractivity contribution >= 4 is 17.1 Å². The fourth-order valence-corrected chi connectivity index (χ4v) is 3.01. The molecule has 4 atom stereocenters. The number of aliphatic hydroxyl groups is 2. The molecule has 2 aromatic heterocycles. The number of nitrogens with one attached hydrogen (secondary N) is 1. The van der Waals surface area contributed by atoms with Gasteiger partial charge in [-0.2, -0.15) is 4.98 Å². The Morgan fingerprint density at radius 1 is 1.50 bits per heavy atom. The normalized spacial score (nSPS) is 27.0. The molecule has 0 aliphatic carbocycles. The minimum atomic E-state index is -1.08. The Kier molecular flexibility index (Phi) is 4.03. The number of nitrogens with two attached hydrogens (primary N) is 1. The minimum absolute atomic E-state index is 0.0120. The van der Waals surface area contributed by atoms with Crippen molar-refractivity contribution in [1.82, 2.24) is 19.1 Å². The molecule has 0 spiro atoms. The molecule has 0 saturated carbocycles.